The van der Waals surface area contributed by atoms with E-state index in [1.807, 2.05) is 0 Å². The minimum Gasteiger partial charge on any atom is -0.496 e. The van der Waals surface area contributed by atoms with Crippen LogP contribution in [0.5, 0.6) is 51.7 Å². The van der Waals surface area contributed by atoms with Crippen LogP contribution in [0, 0.1) is 0 Å². The lowest BCUT2D eigenvalue weighted by Crippen LogP contribution is -2.13. The van der Waals surface area contributed by atoms with E-state index in [-0.39, 0.29) is 50.3 Å². The average Bonchev–Trinajstić information content (AvgIpc) is 3.28. The zero-order valence-electron chi connectivity index (χ0n) is 33.7. The number of rotatable bonds is 16. The van der Waals surface area contributed by atoms with Gasteiger partial charge in [0.05, 0.1) is 53.1 Å². The van der Waals surface area contributed by atoms with Crippen molar-refractivity contribution in [3.63, 3.8) is 0 Å². The molecule has 0 spiro atoms. The van der Waals surface area contributed by atoms with Gasteiger partial charge in [0.15, 0.2) is 23.0 Å². The number of benzene rings is 6. The second-order valence-electron chi connectivity index (χ2n) is 12.7. The Labute approximate surface area is 351 Å². The van der Waals surface area contributed by atoms with Gasteiger partial charge in [0.1, 0.15) is 39.9 Å². The molecule has 0 fully saturated rings. The molecule has 314 valence electrons. The predicted octanol–water partition coefficient (Wildman–Crippen LogP) is 7.86. The van der Waals surface area contributed by atoms with Gasteiger partial charge in [-0.3, -0.25) is 4.72 Å². The summed E-state index contributed by atoms with van der Waals surface area (Å²) in [7, 11) is 4.59. The maximum absolute atomic E-state index is 13.2. The normalized spacial score (nSPS) is 10.8. The van der Waals surface area contributed by atoms with Crippen LogP contribution < -0.4 is 47.4 Å². The van der Waals surface area contributed by atoms with Crippen LogP contribution in [0.1, 0.15) is 31.1 Å². The van der Waals surface area contributed by atoms with Crippen LogP contribution in [0.4, 0.5) is 5.69 Å². The second-order valence-corrected chi connectivity index (χ2v) is 14.4. The fourth-order valence-corrected chi connectivity index (χ4v) is 6.93. The molecule has 0 unspecified atom stereocenters. The Bertz CT molecular complexity index is 2650. The number of methoxy groups -OCH3 is 6. The molecule has 0 atom stereocenters. The van der Waals surface area contributed by atoms with Crippen molar-refractivity contribution in [1.29, 1.82) is 0 Å². The molecule has 61 heavy (non-hydrogen) atoms. The summed E-state index contributed by atoms with van der Waals surface area (Å²) in [6, 6.07) is 30.5. The van der Waals surface area contributed by atoms with E-state index in [0.717, 1.165) is 11.1 Å². The van der Waals surface area contributed by atoms with Crippen molar-refractivity contribution in [2.45, 2.75) is 4.90 Å². The van der Waals surface area contributed by atoms with Crippen LogP contribution in [0.3, 0.4) is 0 Å². The third-order valence-electron chi connectivity index (χ3n) is 9.03. The van der Waals surface area contributed by atoms with Gasteiger partial charge in [-0.25, -0.2) is 22.8 Å². The van der Waals surface area contributed by atoms with E-state index in [1.54, 1.807) is 48.5 Å². The van der Waals surface area contributed by atoms with Crippen molar-refractivity contribution in [3.05, 3.63) is 138 Å². The molecule has 0 aliphatic heterocycles. The lowest BCUT2D eigenvalue weighted by Gasteiger charge is -2.14. The molecule has 0 saturated heterocycles. The first-order valence-electron chi connectivity index (χ1n) is 18.1. The highest BCUT2D eigenvalue weighted by Crippen LogP contribution is 2.37. The van der Waals surface area contributed by atoms with Gasteiger partial charge in [0.25, 0.3) is 10.0 Å². The zero-order chi connectivity index (χ0) is 43.7. The van der Waals surface area contributed by atoms with Gasteiger partial charge in [0.2, 0.25) is 0 Å². The Morgan fingerprint density at radius 3 is 1.16 bits per heavy atom. The summed E-state index contributed by atoms with van der Waals surface area (Å²) in [4.78, 5) is 38.8. The van der Waals surface area contributed by atoms with Crippen molar-refractivity contribution in [2.75, 3.05) is 47.4 Å². The molecule has 0 radical (unpaired) electrons. The fraction of sp³-hybridized carbons (Fsp3) is 0.133. The molecular formula is C45H39NO14S. The van der Waals surface area contributed by atoms with Gasteiger partial charge in [-0.1, -0.05) is 24.3 Å². The fourth-order valence-electron chi connectivity index (χ4n) is 5.87. The van der Waals surface area contributed by atoms with E-state index in [9.17, 15) is 22.8 Å². The summed E-state index contributed by atoms with van der Waals surface area (Å²) in [6.07, 6.45) is 0. The quantitative estimate of drug-likeness (QED) is 0.0734. The Hall–Kier alpha value is -7.72. The smallest absolute Gasteiger partial charge is 0.347 e. The summed E-state index contributed by atoms with van der Waals surface area (Å²) in [5, 5.41) is 0. The highest BCUT2D eigenvalue weighted by atomic mass is 32.2. The third kappa shape index (κ3) is 9.95. The first kappa shape index (κ1) is 42.9. The molecule has 0 aliphatic rings. The van der Waals surface area contributed by atoms with E-state index in [2.05, 4.69) is 4.72 Å². The molecule has 0 heterocycles. The third-order valence-corrected chi connectivity index (χ3v) is 10.4. The second kappa shape index (κ2) is 18.9. The predicted molar refractivity (Wildman–Crippen MR) is 223 cm³/mol. The molecule has 1 N–H and O–H groups in total. The van der Waals surface area contributed by atoms with Gasteiger partial charge >= 0.3 is 17.9 Å². The maximum atomic E-state index is 13.2. The van der Waals surface area contributed by atoms with Gasteiger partial charge in [-0.2, -0.15) is 0 Å². The average molecular weight is 850 g/mol. The molecule has 0 aliphatic carbocycles. The number of hydrogen-bond donors (Lipinski definition) is 1. The van der Waals surface area contributed by atoms with E-state index >= 15 is 0 Å². The first-order valence-corrected chi connectivity index (χ1v) is 19.6. The minimum absolute atomic E-state index is 0.0586. The number of carbonyl (C=O) groups is 3. The molecule has 0 saturated carbocycles. The van der Waals surface area contributed by atoms with E-state index < -0.39 is 27.9 Å². The van der Waals surface area contributed by atoms with Crippen LogP contribution in [-0.4, -0.2) is 69.0 Å². The first-order chi connectivity index (χ1) is 29.4. The number of esters is 3. The number of anilines is 1. The Morgan fingerprint density at radius 2 is 0.754 bits per heavy atom. The number of nitrogens with one attached hydrogen (secondary N) is 1. The summed E-state index contributed by atoms with van der Waals surface area (Å²) >= 11 is 0. The highest BCUT2D eigenvalue weighted by Gasteiger charge is 2.22. The topological polar surface area (TPSA) is 180 Å². The number of hydrogen-bond acceptors (Lipinski definition) is 14. The van der Waals surface area contributed by atoms with Gasteiger partial charge in [0, 0.05) is 30.0 Å². The van der Waals surface area contributed by atoms with E-state index in [0.29, 0.717) is 28.7 Å². The van der Waals surface area contributed by atoms with Gasteiger partial charge < -0.3 is 42.6 Å². The summed E-state index contributed by atoms with van der Waals surface area (Å²) < 4.78 is 77.1. The van der Waals surface area contributed by atoms with Gasteiger partial charge in [-0.05, 0) is 83.9 Å². The highest BCUT2D eigenvalue weighted by molar-refractivity contribution is 7.92. The molecule has 6 aromatic carbocycles. The largest absolute Gasteiger partial charge is 0.496 e. The summed E-state index contributed by atoms with van der Waals surface area (Å²) in [5.74, 6) is 0.296. The van der Waals surface area contributed by atoms with Crippen LogP contribution in [0.2, 0.25) is 0 Å². The zero-order valence-corrected chi connectivity index (χ0v) is 34.5. The molecule has 0 aromatic heterocycles. The molecule has 6 rings (SSSR count). The van der Waals surface area contributed by atoms with Crippen molar-refractivity contribution in [1.82, 2.24) is 0 Å². The number of carbonyl (C=O) groups excluding carboxylic acids is 3. The molecule has 15 nitrogen and oxygen atoms in total. The van der Waals surface area contributed by atoms with Crippen LogP contribution in [0.25, 0.3) is 11.1 Å². The lowest BCUT2D eigenvalue weighted by molar-refractivity contribution is 0.0719. The maximum Gasteiger partial charge on any atom is 0.347 e. The van der Waals surface area contributed by atoms with Gasteiger partial charge in [-0.15, -0.1) is 0 Å². The monoisotopic (exact) mass is 849 g/mol. The van der Waals surface area contributed by atoms with Crippen molar-refractivity contribution in [2.24, 2.45) is 0 Å². The SMILES string of the molecule is COc1cc(OC)c(C(=O)Oc2ccc(C(=O)Oc3ccc(-c4ccc(NS(=O)(=O)c5ccc(OC(=O)c6cc(OC)c(OC)cc6OC)cc5)cc4)cc3)cc2)cc1OC. The van der Waals surface area contributed by atoms with E-state index in [4.69, 9.17) is 42.6 Å². The molecule has 0 bridgehead atoms. The minimum atomic E-state index is -4.01. The number of ether oxygens (including phenoxy) is 9. The lowest BCUT2D eigenvalue weighted by atomic mass is 10.1. The van der Waals surface area contributed by atoms with Crippen LogP contribution >= 0.6 is 0 Å². The summed E-state index contributed by atoms with van der Waals surface area (Å²) in [6.45, 7) is 0. The standard InChI is InChI=1S/C45H39NO14S/c1-52-37-25-41(56-5)39(54-3)23-35(37)44(48)59-32-17-11-29(12-18-32)43(47)58-31-15-9-28(10-16-31)27-7-13-30(14-8-27)46-61(50,51)34-21-19-33(20-22-34)60-45(49)36-24-40(55-4)42(57-6)26-38(36)53-2/h7-26,46H,1-6H3. The molecule has 0 amide bonds. The van der Waals surface area contributed by atoms with Crippen molar-refractivity contribution in [3.8, 4) is 62.9 Å². The Kier molecular flexibility index (Phi) is 13.3. The molecule has 6 aromatic rings. The number of sulfonamides is 1. The van der Waals surface area contributed by atoms with Crippen LogP contribution in [-0.2, 0) is 10.0 Å². The molecular weight excluding hydrogens is 811 g/mol. The Morgan fingerprint density at radius 1 is 0.410 bits per heavy atom. The summed E-state index contributed by atoms with van der Waals surface area (Å²) in [5.41, 5.74) is 2.28. The van der Waals surface area contributed by atoms with Crippen molar-refractivity contribution >= 4 is 33.6 Å². The molecule has 16 heteroatoms. The van der Waals surface area contributed by atoms with Crippen molar-refractivity contribution < 1.29 is 65.4 Å². The van der Waals surface area contributed by atoms with Crippen LogP contribution in [0.15, 0.2) is 126 Å². The van der Waals surface area contributed by atoms with E-state index in [1.165, 1.54) is 115 Å². The Balaban J connectivity index is 1.03.